The van der Waals surface area contributed by atoms with Crippen LogP contribution in [-0.2, 0) is 4.74 Å². The van der Waals surface area contributed by atoms with Crippen molar-refractivity contribution < 1.29 is 19.1 Å². The van der Waals surface area contributed by atoms with E-state index in [1.807, 2.05) is 24.3 Å². The molecule has 6 heteroatoms. The Balaban J connectivity index is 1.63. The van der Waals surface area contributed by atoms with Crippen LogP contribution < -0.4 is 4.74 Å². The first-order valence-corrected chi connectivity index (χ1v) is 9.31. The maximum atomic E-state index is 12.9. The van der Waals surface area contributed by atoms with Gasteiger partial charge in [0, 0.05) is 23.3 Å². The summed E-state index contributed by atoms with van der Waals surface area (Å²) in [7, 11) is 1.49. The molecule has 0 saturated heterocycles. The van der Waals surface area contributed by atoms with Crippen molar-refractivity contribution >= 4 is 22.7 Å². The second kappa shape index (κ2) is 8.53. The molecule has 0 radical (unpaired) electrons. The van der Waals surface area contributed by atoms with Crippen LogP contribution in [0.4, 0.5) is 0 Å². The first-order valence-electron chi connectivity index (χ1n) is 9.31. The minimum Gasteiger partial charge on any atom is -0.496 e. The number of ketones is 1. The Hall–Kier alpha value is -4.06. The van der Waals surface area contributed by atoms with E-state index < -0.39 is 12.6 Å². The first kappa shape index (κ1) is 19.3. The van der Waals surface area contributed by atoms with Crippen molar-refractivity contribution in [2.75, 3.05) is 13.7 Å². The van der Waals surface area contributed by atoms with Crippen LogP contribution in [0, 0.1) is 0 Å². The molecule has 0 atom stereocenters. The zero-order valence-electron chi connectivity index (χ0n) is 16.2. The van der Waals surface area contributed by atoms with E-state index in [4.69, 9.17) is 9.47 Å². The van der Waals surface area contributed by atoms with Crippen LogP contribution in [-0.4, -0.2) is 35.4 Å². The van der Waals surface area contributed by atoms with Crippen LogP contribution in [0.25, 0.3) is 22.2 Å². The summed E-state index contributed by atoms with van der Waals surface area (Å²) in [6.45, 7) is -0.391. The first-order chi connectivity index (χ1) is 14.7. The lowest BCUT2D eigenvalue weighted by Gasteiger charge is -2.11. The van der Waals surface area contributed by atoms with Gasteiger partial charge in [-0.2, -0.15) is 0 Å². The third-order valence-corrected chi connectivity index (χ3v) is 4.64. The Morgan fingerprint density at radius 3 is 2.53 bits per heavy atom. The largest absolute Gasteiger partial charge is 0.496 e. The van der Waals surface area contributed by atoms with E-state index in [0.717, 1.165) is 5.56 Å². The molecule has 0 amide bonds. The van der Waals surface area contributed by atoms with Crippen molar-refractivity contribution in [3.05, 3.63) is 90.3 Å². The number of pyridine rings is 2. The quantitative estimate of drug-likeness (QED) is 0.355. The van der Waals surface area contributed by atoms with E-state index in [2.05, 4.69) is 9.97 Å². The zero-order chi connectivity index (χ0) is 20.9. The number of aromatic nitrogens is 2. The molecule has 0 spiro atoms. The predicted octanol–water partition coefficient (Wildman–Crippen LogP) is 4.35. The minimum atomic E-state index is -0.595. The number of hydrogen-bond acceptors (Lipinski definition) is 6. The molecule has 0 aliphatic heterocycles. The number of ether oxygens (including phenoxy) is 2. The number of hydrogen-bond donors (Lipinski definition) is 0. The van der Waals surface area contributed by atoms with Gasteiger partial charge in [0.1, 0.15) is 5.75 Å². The summed E-state index contributed by atoms with van der Waals surface area (Å²) in [4.78, 5) is 34.2. The predicted molar refractivity (Wildman–Crippen MR) is 113 cm³/mol. The van der Waals surface area contributed by atoms with E-state index >= 15 is 0 Å². The standard InChI is InChI=1S/C24H18N2O4/c1-29-23-11-5-3-9-18(23)22(27)15-30-24(28)19-13-21(16-7-6-12-25-14-16)26-20-10-4-2-8-17(19)20/h2-14H,15H2,1H3. The van der Waals surface area contributed by atoms with Gasteiger partial charge >= 0.3 is 5.97 Å². The highest BCUT2D eigenvalue weighted by molar-refractivity contribution is 6.06. The van der Waals surface area contributed by atoms with Crippen molar-refractivity contribution in [2.24, 2.45) is 0 Å². The van der Waals surface area contributed by atoms with Gasteiger partial charge in [-0.15, -0.1) is 0 Å². The Morgan fingerprint density at radius 1 is 0.933 bits per heavy atom. The number of fused-ring (bicyclic) bond motifs is 1. The van der Waals surface area contributed by atoms with Crippen LogP contribution >= 0.6 is 0 Å². The summed E-state index contributed by atoms with van der Waals surface area (Å²) in [6, 6.07) is 19.4. The molecule has 0 bridgehead atoms. The summed E-state index contributed by atoms with van der Waals surface area (Å²) in [6.07, 6.45) is 3.35. The van der Waals surface area contributed by atoms with Gasteiger partial charge in [0.25, 0.3) is 0 Å². The number of carbonyl (C=O) groups is 2. The molecule has 0 aliphatic rings. The molecule has 148 valence electrons. The van der Waals surface area contributed by atoms with Crippen molar-refractivity contribution in [1.82, 2.24) is 9.97 Å². The van der Waals surface area contributed by atoms with Crippen LogP contribution in [0.3, 0.4) is 0 Å². The fraction of sp³-hybridized carbons (Fsp3) is 0.0833. The molecule has 2 aromatic heterocycles. The lowest BCUT2D eigenvalue weighted by Crippen LogP contribution is -2.15. The Morgan fingerprint density at radius 2 is 1.73 bits per heavy atom. The van der Waals surface area contributed by atoms with Crippen molar-refractivity contribution in [2.45, 2.75) is 0 Å². The molecule has 2 heterocycles. The van der Waals surface area contributed by atoms with Gasteiger partial charge in [-0.05, 0) is 36.4 Å². The number of rotatable bonds is 6. The molecule has 30 heavy (non-hydrogen) atoms. The number of esters is 1. The van der Waals surface area contributed by atoms with Crippen LogP contribution in [0.2, 0.25) is 0 Å². The monoisotopic (exact) mass is 398 g/mol. The Labute approximate surface area is 173 Å². The summed E-state index contributed by atoms with van der Waals surface area (Å²) in [5.41, 5.74) is 2.74. The van der Waals surface area contributed by atoms with Crippen molar-refractivity contribution in [3.8, 4) is 17.0 Å². The Kier molecular flexibility index (Phi) is 5.48. The summed E-state index contributed by atoms with van der Waals surface area (Å²) in [5.74, 6) is -0.500. The second-order valence-electron chi connectivity index (χ2n) is 6.51. The fourth-order valence-corrected chi connectivity index (χ4v) is 3.17. The zero-order valence-corrected chi connectivity index (χ0v) is 16.2. The molecule has 4 rings (SSSR count). The van der Waals surface area contributed by atoms with Gasteiger partial charge in [-0.3, -0.25) is 9.78 Å². The lowest BCUT2D eigenvalue weighted by molar-refractivity contribution is 0.0476. The van der Waals surface area contributed by atoms with Crippen LogP contribution in [0.15, 0.2) is 79.1 Å². The third-order valence-electron chi connectivity index (χ3n) is 4.64. The van der Waals surface area contributed by atoms with Gasteiger partial charge in [0.05, 0.1) is 29.4 Å². The highest BCUT2D eigenvalue weighted by atomic mass is 16.5. The van der Waals surface area contributed by atoms with E-state index in [9.17, 15) is 9.59 Å². The van der Waals surface area contributed by atoms with E-state index in [1.54, 1.807) is 54.9 Å². The SMILES string of the molecule is COc1ccccc1C(=O)COC(=O)c1cc(-c2cccnc2)nc2ccccc12. The molecule has 4 aromatic rings. The van der Waals surface area contributed by atoms with Crippen LogP contribution in [0.5, 0.6) is 5.75 Å². The molecular formula is C24H18N2O4. The molecular weight excluding hydrogens is 380 g/mol. The van der Waals surface area contributed by atoms with Gasteiger partial charge in [0.15, 0.2) is 6.61 Å². The number of nitrogens with zero attached hydrogens (tertiary/aromatic N) is 2. The maximum Gasteiger partial charge on any atom is 0.339 e. The molecule has 0 fully saturated rings. The average Bonchev–Trinajstić information content (AvgIpc) is 2.82. The maximum absolute atomic E-state index is 12.9. The summed E-state index contributed by atoms with van der Waals surface area (Å²) in [5, 5.41) is 0.653. The smallest absolute Gasteiger partial charge is 0.339 e. The molecule has 0 N–H and O–H groups in total. The highest BCUT2D eigenvalue weighted by Gasteiger charge is 2.18. The number of carbonyl (C=O) groups excluding carboxylic acids is 2. The second-order valence-corrected chi connectivity index (χ2v) is 6.51. The van der Waals surface area contributed by atoms with Gasteiger partial charge in [-0.1, -0.05) is 30.3 Å². The van der Waals surface area contributed by atoms with Crippen LogP contribution in [0.1, 0.15) is 20.7 Å². The van der Waals surface area contributed by atoms with Gasteiger partial charge in [-0.25, -0.2) is 9.78 Å². The highest BCUT2D eigenvalue weighted by Crippen LogP contribution is 2.25. The van der Waals surface area contributed by atoms with Gasteiger partial charge in [0.2, 0.25) is 5.78 Å². The van der Waals surface area contributed by atoms with E-state index in [1.165, 1.54) is 7.11 Å². The molecule has 0 saturated carbocycles. The lowest BCUT2D eigenvalue weighted by atomic mass is 10.0. The number of para-hydroxylation sites is 2. The molecule has 2 aromatic carbocycles. The number of Topliss-reactive ketones (excluding diaryl/α,β-unsaturated/α-hetero) is 1. The minimum absolute atomic E-state index is 0.340. The molecule has 0 aliphatic carbocycles. The summed E-state index contributed by atoms with van der Waals surface area (Å²) < 4.78 is 10.6. The summed E-state index contributed by atoms with van der Waals surface area (Å²) >= 11 is 0. The third kappa shape index (κ3) is 3.89. The number of benzene rings is 2. The average molecular weight is 398 g/mol. The van der Waals surface area contributed by atoms with Crippen molar-refractivity contribution in [3.63, 3.8) is 0 Å². The molecule has 0 unspecified atom stereocenters. The normalized spacial score (nSPS) is 10.6. The molecule has 6 nitrogen and oxygen atoms in total. The van der Waals surface area contributed by atoms with Crippen molar-refractivity contribution in [1.29, 1.82) is 0 Å². The fourth-order valence-electron chi connectivity index (χ4n) is 3.17. The van der Waals surface area contributed by atoms with Gasteiger partial charge < -0.3 is 9.47 Å². The number of methoxy groups -OCH3 is 1. The topological polar surface area (TPSA) is 78.4 Å². The Bertz CT molecular complexity index is 1220. The van der Waals surface area contributed by atoms with E-state index in [-0.39, 0.29) is 5.78 Å². The van der Waals surface area contributed by atoms with E-state index in [0.29, 0.717) is 33.5 Å².